The Labute approximate surface area is 98.3 Å². The van der Waals surface area contributed by atoms with Crippen LogP contribution in [0, 0.1) is 0 Å². The van der Waals surface area contributed by atoms with Gasteiger partial charge in [0.2, 0.25) is 0 Å². The predicted octanol–water partition coefficient (Wildman–Crippen LogP) is 1.34. The first kappa shape index (κ1) is 15.1. The van der Waals surface area contributed by atoms with Crippen LogP contribution in [0.5, 0.6) is 0 Å². The van der Waals surface area contributed by atoms with Crippen molar-refractivity contribution in [3.05, 3.63) is 11.6 Å². The molecule has 4 heteroatoms. The largest absolute Gasteiger partial charge is 0.478 e. The van der Waals surface area contributed by atoms with E-state index in [0.29, 0.717) is 12.1 Å². The third-order valence-electron chi connectivity index (χ3n) is 2.48. The molecule has 0 amide bonds. The van der Waals surface area contributed by atoms with Crippen molar-refractivity contribution in [1.82, 2.24) is 10.2 Å². The van der Waals surface area contributed by atoms with E-state index in [1.807, 2.05) is 0 Å². The first-order chi connectivity index (χ1) is 7.61. The number of likely N-dealkylation sites (N-methyl/N-ethyl adjacent to an activating group) is 1. The van der Waals surface area contributed by atoms with E-state index in [1.54, 1.807) is 13.0 Å². The summed E-state index contributed by atoms with van der Waals surface area (Å²) in [5.74, 6) is -0.844. The number of aliphatic carboxylic acids is 1. The topological polar surface area (TPSA) is 52.6 Å². The van der Waals surface area contributed by atoms with Gasteiger partial charge in [0.05, 0.1) is 0 Å². The summed E-state index contributed by atoms with van der Waals surface area (Å²) in [7, 11) is 0. The molecule has 0 unspecified atom stereocenters. The second-order valence-electron chi connectivity index (χ2n) is 3.83. The van der Waals surface area contributed by atoms with E-state index in [1.165, 1.54) is 6.42 Å². The van der Waals surface area contributed by atoms with Crippen LogP contribution in [0.4, 0.5) is 0 Å². The summed E-state index contributed by atoms with van der Waals surface area (Å²) in [6.45, 7) is 10.7. The van der Waals surface area contributed by atoms with Gasteiger partial charge in [-0.1, -0.05) is 19.9 Å². The lowest BCUT2D eigenvalue weighted by Gasteiger charge is -2.19. The molecule has 94 valence electrons. The fraction of sp³-hybridized carbons (Fsp3) is 0.750. The second kappa shape index (κ2) is 9.36. The highest BCUT2D eigenvalue weighted by atomic mass is 16.4. The summed E-state index contributed by atoms with van der Waals surface area (Å²) in [5, 5.41) is 11.8. The summed E-state index contributed by atoms with van der Waals surface area (Å²) in [4.78, 5) is 12.9. The first-order valence-electron chi connectivity index (χ1n) is 5.94. The molecule has 0 fully saturated rings. The van der Waals surface area contributed by atoms with Crippen molar-refractivity contribution in [2.24, 2.45) is 0 Å². The average Bonchev–Trinajstić information content (AvgIpc) is 2.26. The fourth-order valence-corrected chi connectivity index (χ4v) is 1.40. The normalized spacial score (nSPS) is 12.1. The highest BCUT2D eigenvalue weighted by Gasteiger charge is 2.00. The maximum absolute atomic E-state index is 10.5. The Morgan fingerprint density at radius 3 is 2.56 bits per heavy atom. The molecule has 0 rings (SSSR count). The van der Waals surface area contributed by atoms with Crippen molar-refractivity contribution in [2.45, 2.75) is 27.2 Å². The summed E-state index contributed by atoms with van der Waals surface area (Å²) >= 11 is 0. The van der Waals surface area contributed by atoms with Crippen LogP contribution in [0.1, 0.15) is 27.2 Å². The SMILES string of the molecule is CCCN(CC)CCNC/C=C(/C)C(=O)O. The third kappa shape index (κ3) is 7.43. The maximum Gasteiger partial charge on any atom is 0.330 e. The van der Waals surface area contributed by atoms with Crippen LogP contribution < -0.4 is 5.32 Å². The van der Waals surface area contributed by atoms with Crippen molar-refractivity contribution < 1.29 is 9.90 Å². The Hall–Kier alpha value is -0.870. The van der Waals surface area contributed by atoms with Crippen LogP contribution in [0.15, 0.2) is 11.6 Å². The van der Waals surface area contributed by atoms with E-state index >= 15 is 0 Å². The molecule has 0 saturated carbocycles. The molecule has 0 aliphatic carbocycles. The molecule has 0 atom stereocenters. The summed E-state index contributed by atoms with van der Waals surface area (Å²) in [6, 6.07) is 0. The van der Waals surface area contributed by atoms with Gasteiger partial charge < -0.3 is 15.3 Å². The molecule has 0 aliphatic rings. The molecular formula is C12H24N2O2. The molecule has 0 radical (unpaired) electrons. The van der Waals surface area contributed by atoms with Crippen LogP contribution in [-0.2, 0) is 4.79 Å². The van der Waals surface area contributed by atoms with Gasteiger partial charge in [-0.25, -0.2) is 4.79 Å². The first-order valence-corrected chi connectivity index (χ1v) is 5.94. The second-order valence-corrected chi connectivity index (χ2v) is 3.83. The number of rotatable bonds is 9. The zero-order valence-electron chi connectivity index (χ0n) is 10.6. The third-order valence-corrected chi connectivity index (χ3v) is 2.48. The molecule has 16 heavy (non-hydrogen) atoms. The number of hydrogen-bond acceptors (Lipinski definition) is 3. The summed E-state index contributed by atoms with van der Waals surface area (Å²) in [6.07, 6.45) is 2.88. The Morgan fingerprint density at radius 1 is 1.38 bits per heavy atom. The molecule has 0 bridgehead atoms. The highest BCUT2D eigenvalue weighted by Crippen LogP contribution is 1.91. The molecule has 0 heterocycles. The number of carboxylic acids is 1. The summed E-state index contributed by atoms with van der Waals surface area (Å²) < 4.78 is 0. The number of nitrogens with one attached hydrogen (secondary N) is 1. The summed E-state index contributed by atoms with van der Waals surface area (Å²) in [5.41, 5.74) is 0.397. The molecule has 0 aromatic rings. The molecule has 2 N–H and O–H groups in total. The molecule has 0 aromatic heterocycles. The van der Waals surface area contributed by atoms with Crippen molar-refractivity contribution in [3.63, 3.8) is 0 Å². The maximum atomic E-state index is 10.5. The average molecular weight is 228 g/mol. The molecule has 0 aromatic carbocycles. The Balaban J connectivity index is 3.59. The predicted molar refractivity (Wildman–Crippen MR) is 66.7 cm³/mol. The van der Waals surface area contributed by atoms with Crippen molar-refractivity contribution >= 4 is 5.97 Å². The van der Waals surface area contributed by atoms with Crippen LogP contribution in [0.25, 0.3) is 0 Å². The lowest BCUT2D eigenvalue weighted by atomic mass is 10.3. The van der Waals surface area contributed by atoms with E-state index < -0.39 is 5.97 Å². The molecular weight excluding hydrogens is 204 g/mol. The number of hydrogen-bond donors (Lipinski definition) is 2. The minimum absolute atomic E-state index is 0.397. The van der Waals surface area contributed by atoms with Gasteiger partial charge in [0, 0.05) is 25.2 Å². The van der Waals surface area contributed by atoms with Crippen LogP contribution in [0.2, 0.25) is 0 Å². The fourth-order valence-electron chi connectivity index (χ4n) is 1.40. The van der Waals surface area contributed by atoms with E-state index in [4.69, 9.17) is 5.11 Å². The van der Waals surface area contributed by atoms with Crippen molar-refractivity contribution in [2.75, 3.05) is 32.7 Å². The van der Waals surface area contributed by atoms with E-state index in [0.717, 1.165) is 26.2 Å². The van der Waals surface area contributed by atoms with Gasteiger partial charge in [0.15, 0.2) is 0 Å². The van der Waals surface area contributed by atoms with Crippen LogP contribution in [0.3, 0.4) is 0 Å². The van der Waals surface area contributed by atoms with E-state index in [-0.39, 0.29) is 0 Å². The van der Waals surface area contributed by atoms with Gasteiger partial charge in [-0.15, -0.1) is 0 Å². The van der Waals surface area contributed by atoms with Crippen LogP contribution in [-0.4, -0.2) is 48.7 Å². The van der Waals surface area contributed by atoms with Gasteiger partial charge >= 0.3 is 5.97 Å². The number of nitrogens with zero attached hydrogens (tertiary/aromatic N) is 1. The van der Waals surface area contributed by atoms with Gasteiger partial charge in [-0.3, -0.25) is 0 Å². The highest BCUT2D eigenvalue weighted by molar-refractivity contribution is 5.85. The molecule has 0 spiro atoms. The van der Waals surface area contributed by atoms with Gasteiger partial charge in [-0.05, 0) is 26.4 Å². The molecule has 0 saturated heterocycles. The lowest BCUT2D eigenvalue weighted by molar-refractivity contribution is -0.132. The standard InChI is InChI=1S/C12H24N2O2/c1-4-9-14(5-2)10-8-13-7-6-11(3)12(15)16/h6,13H,4-5,7-10H2,1-3H3,(H,15,16)/b11-6-. The number of carbonyl (C=O) groups is 1. The quantitative estimate of drug-likeness (QED) is 0.462. The zero-order valence-corrected chi connectivity index (χ0v) is 10.6. The molecule has 0 aliphatic heterocycles. The smallest absolute Gasteiger partial charge is 0.330 e. The van der Waals surface area contributed by atoms with Gasteiger partial charge in [0.25, 0.3) is 0 Å². The van der Waals surface area contributed by atoms with Crippen molar-refractivity contribution in [1.29, 1.82) is 0 Å². The van der Waals surface area contributed by atoms with Crippen molar-refractivity contribution in [3.8, 4) is 0 Å². The lowest BCUT2D eigenvalue weighted by Crippen LogP contribution is -2.32. The minimum atomic E-state index is -0.844. The van der Waals surface area contributed by atoms with E-state index in [9.17, 15) is 4.79 Å². The Morgan fingerprint density at radius 2 is 2.06 bits per heavy atom. The van der Waals surface area contributed by atoms with Crippen LogP contribution >= 0.6 is 0 Å². The monoisotopic (exact) mass is 228 g/mol. The Kier molecular flexibility index (Phi) is 8.85. The van der Waals surface area contributed by atoms with Gasteiger partial charge in [0.1, 0.15) is 0 Å². The minimum Gasteiger partial charge on any atom is -0.478 e. The number of carboxylic acid groups (broad SMARTS) is 1. The zero-order chi connectivity index (χ0) is 12.4. The Bertz CT molecular complexity index is 227. The molecule has 4 nitrogen and oxygen atoms in total. The van der Waals surface area contributed by atoms with E-state index in [2.05, 4.69) is 24.1 Å². The van der Waals surface area contributed by atoms with Gasteiger partial charge in [-0.2, -0.15) is 0 Å².